The SMILES string of the molecule is Cc1cc(=O)n2nc(COC(=O)c3c(F)cccc3F)sc2n1. The van der Waals surface area contributed by atoms with E-state index in [1.54, 1.807) is 6.92 Å². The van der Waals surface area contributed by atoms with Gasteiger partial charge in [0, 0.05) is 11.8 Å². The van der Waals surface area contributed by atoms with Crippen LogP contribution in [0.15, 0.2) is 29.1 Å². The standard InChI is InChI=1S/C14H9F2N3O3S/c1-7-5-11(20)19-14(17-7)23-10(18-19)6-22-13(21)12-8(15)3-2-4-9(12)16/h2-5H,6H2,1H3. The molecule has 1 aromatic carbocycles. The first kappa shape index (κ1) is 15.2. The quantitative estimate of drug-likeness (QED) is 0.684. The third kappa shape index (κ3) is 2.95. The van der Waals surface area contributed by atoms with Gasteiger partial charge in [-0.05, 0) is 19.1 Å². The molecule has 0 unspecified atom stereocenters. The van der Waals surface area contributed by atoms with Crippen LogP contribution in [0, 0.1) is 18.6 Å². The first-order valence-electron chi connectivity index (χ1n) is 6.43. The van der Waals surface area contributed by atoms with Crippen LogP contribution in [0.4, 0.5) is 8.78 Å². The molecular formula is C14H9F2N3O3S. The summed E-state index contributed by atoms with van der Waals surface area (Å²) in [6.07, 6.45) is 0. The highest BCUT2D eigenvalue weighted by molar-refractivity contribution is 7.16. The third-order valence-electron chi connectivity index (χ3n) is 2.91. The van der Waals surface area contributed by atoms with Crippen LogP contribution in [0.2, 0.25) is 0 Å². The molecule has 6 nitrogen and oxygen atoms in total. The van der Waals surface area contributed by atoms with E-state index < -0.39 is 23.2 Å². The first-order valence-corrected chi connectivity index (χ1v) is 7.25. The molecule has 2 aromatic heterocycles. The van der Waals surface area contributed by atoms with Crippen LogP contribution >= 0.6 is 11.3 Å². The van der Waals surface area contributed by atoms with E-state index in [1.807, 2.05) is 0 Å². The van der Waals surface area contributed by atoms with Gasteiger partial charge in [0.1, 0.15) is 23.8 Å². The van der Waals surface area contributed by atoms with Gasteiger partial charge in [-0.15, -0.1) is 0 Å². The number of halogens is 2. The molecule has 2 heterocycles. The van der Waals surface area contributed by atoms with Gasteiger partial charge < -0.3 is 4.74 Å². The Morgan fingerprint density at radius 1 is 1.35 bits per heavy atom. The van der Waals surface area contributed by atoms with Crippen LogP contribution in [0.1, 0.15) is 21.1 Å². The summed E-state index contributed by atoms with van der Waals surface area (Å²) in [5, 5.41) is 4.24. The Bertz CT molecular complexity index is 947. The van der Waals surface area contributed by atoms with Crippen molar-refractivity contribution in [1.82, 2.24) is 14.6 Å². The maximum absolute atomic E-state index is 13.5. The van der Waals surface area contributed by atoms with E-state index in [0.717, 1.165) is 34.1 Å². The summed E-state index contributed by atoms with van der Waals surface area (Å²) in [7, 11) is 0. The lowest BCUT2D eigenvalue weighted by molar-refractivity contribution is 0.0460. The Morgan fingerprint density at radius 3 is 2.74 bits per heavy atom. The minimum absolute atomic E-state index is 0.283. The van der Waals surface area contributed by atoms with Crippen molar-refractivity contribution < 1.29 is 18.3 Å². The smallest absolute Gasteiger partial charge is 0.344 e. The number of nitrogens with zero attached hydrogens (tertiary/aromatic N) is 3. The third-order valence-corrected chi connectivity index (χ3v) is 3.79. The van der Waals surface area contributed by atoms with E-state index in [4.69, 9.17) is 4.74 Å². The minimum atomic E-state index is -1.14. The first-order chi connectivity index (χ1) is 11.0. The van der Waals surface area contributed by atoms with E-state index in [-0.39, 0.29) is 17.2 Å². The molecule has 0 fully saturated rings. The lowest BCUT2D eigenvalue weighted by Gasteiger charge is -2.04. The zero-order valence-electron chi connectivity index (χ0n) is 11.7. The van der Waals surface area contributed by atoms with Crippen molar-refractivity contribution in [2.75, 3.05) is 0 Å². The number of benzene rings is 1. The second-order valence-corrected chi connectivity index (χ2v) is 5.64. The van der Waals surface area contributed by atoms with Gasteiger partial charge in [-0.1, -0.05) is 17.4 Å². The van der Waals surface area contributed by atoms with E-state index in [0.29, 0.717) is 10.7 Å². The van der Waals surface area contributed by atoms with Crippen LogP contribution in [-0.2, 0) is 11.3 Å². The number of fused-ring (bicyclic) bond motifs is 1. The summed E-state index contributed by atoms with van der Waals surface area (Å²) in [4.78, 5) is 28.0. The van der Waals surface area contributed by atoms with Crippen molar-refractivity contribution in [1.29, 1.82) is 0 Å². The summed E-state index contributed by atoms with van der Waals surface area (Å²) in [6, 6.07) is 4.39. The fourth-order valence-electron chi connectivity index (χ4n) is 1.91. The molecule has 0 saturated heterocycles. The van der Waals surface area contributed by atoms with Crippen LogP contribution in [0.3, 0.4) is 0 Å². The zero-order valence-corrected chi connectivity index (χ0v) is 12.6. The largest absolute Gasteiger partial charge is 0.454 e. The van der Waals surface area contributed by atoms with Crippen molar-refractivity contribution >= 4 is 22.3 Å². The van der Waals surface area contributed by atoms with Gasteiger partial charge in [-0.2, -0.15) is 9.61 Å². The van der Waals surface area contributed by atoms with Gasteiger partial charge in [0.15, 0.2) is 5.01 Å². The number of hydrogen-bond acceptors (Lipinski definition) is 6. The highest BCUT2D eigenvalue weighted by Crippen LogP contribution is 2.16. The fourth-order valence-corrected chi connectivity index (χ4v) is 2.77. The van der Waals surface area contributed by atoms with Gasteiger partial charge in [-0.25, -0.2) is 18.6 Å². The lowest BCUT2D eigenvalue weighted by Crippen LogP contribution is -2.15. The average molecular weight is 337 g/mol. The zero-order chi connectivity index (χ0) is 16.6. The van der Waals surface area contributed by atoms with Crippen LogP contribution in [-0.4, -0.2) is 20.6 Å². The van der Waals surface area contributed by atoms with Crippen LogP contribution in [0.25, 0.3) is 4.96 Å². The molecule has 0 N–H and O–H groups in total. The molecule has 0 saturated carbocycles. The number of aryl methyl sites for hydroxylation is 1. The molecule has 3 aromatic rings. The van der Waals surface area contributed by atoms with E-state index >= 15 is 0 Å². The topological polar surface area (TPSA) is 73.6 Å². The molecule has 23 heavy (non-hydrogen) atoms. The summed E-state index contributed by atoms with van der Waals surface area (Å²) >= 11 is 1.05. The Kier molecular flexibility index (Phi) is 3.87. The number of carbonyl (C=O) groups is 1. The molecule has 0 aliphatic rings. The van der Waals surface area contributed by atoms with E-state index in [9.17, 15) is 18.4 Å². The number of ether oxygens (including phenoxy) is 1. The molecule has 3 rings (SSSR count). The van der Waals surface area contributed by atoms with Crippen LogP contribution < -0.4 is 5.56 Å². The molecule has 118 valence electrons. The van der Waals surface area contributed by atoms with Crippen LogP contribution in [0.5, 0.6) is 0 Å². The number of carbonyl (C=O) groups excluding carboxylic acids is 1. The summed E-state index contributed by atoms with van der Waals surface area (Å²) in [5.41, 5.74) is -0.586. The van der Waals surface area contributed by atoms with Crippen molar-refractivity contribution in [3.63, 3.8) is 0 Å². The second-order valence-electron chi connectivity index (χ2n) is 4.60. The molecule has 0 bridgehead atoms. The van der Waals surface area contributed by atoms with Gasteiger partial charge in [0.25, 0.3) is 5.56 Å². The predicted octanol–water partition coefficient (Wildman–Crippen LogP) is 2.09. The molecule has 0 atom stereocenters. The van der Waals surface area contributed by atoms with Gasteiger partial charge in [-0.3, -0.25) is 4.79 Å². The molecule has 9 heteroatoms. The predicted molar refractivity (Wildman–Crippen MR) is 77.3 cm³/mol. The molecule has 0 radical (unpaired) electrons. The Morgan fingerprint density at radius 2 is 2.04 bits per heavy atom. The van der Waals surface area contributed by atoms with E-state index in [1.165, 1.54) is 6.07 Å². The van der Waals surface area contributed by atoms with Crippen molar-refractivity contribution in [3.05, 3.63) is 62.5 Å². The molecule has 0 spiro atoms. The summed E-state index contributed by atoms with van der Waals surface area (Å²) in [5.74, 6) is -3.16. The number of rotatable bonds is 3. The lowest BCUT2D eigenvalue weighted by atomic mass is 10.2. The molecule has 0 aliphatic heterocycles. The summed E-state index contributed by atoms with van der Waals surface area (Å²) < 4.78 is 32.9. The molecule has 0 aliphatic carbocycles. The Hall–Kier alpha value is -2.68. The number of aromatic nitrogens is 3. The van der Waals surface area contributed by atoms with Gasteiger partial charge in [0.05, 0.1) is 0 Å². The normalized spacial score (nSPS) is 10.9. The monoisotopic (exact) mass is 337 g/mol. The maximum atomic E-state index is 13.5. The highest BCUT2D eigenvalue weighted by Gasteiger charge is 2.19. The Labute approximate surface area is 132 Å². The molecular weight excluding hydrogens is 328 g/mol. The van der Waals surface area contributed by atoms with Gasteiger partial charge >= 0.3 is 5.97 Å². The maximum Gasteiger partial charge on any atom is 0.344 e. The number of hydrogen-bond donors (Lipinski definition) is 0. The highest BCUT2D eigenvalue weighted by atomic mass is 32.1. The Balaban J connectivity index is 1.82. The summed E-state index contributed by atoms with van der Waals surface area (Å²) in [6.45, 7) is 1.35. The van der Waals surface area contributed by atoms with E-state index in [2.05, 4.69) is 10.1 Å². The number of esters is 1. The van der Waals surface area contributed by atoms with Crippen molar-refractivity contribution in [2.24, 2.45) is 0 Å². The second kappa shape index (κ2) is 5.84. The molecule has 0 amide bonds. The average Bonchev–Trinajstić information content (AvgIpc) is 2.88. The fraction of sp³-hybridized carbons (Fsp3) is 0.143. The van der Waals surface area contributed by atoms with Crippen molar-refractivity contribution in [3.8, 4) is 0 Å². The van der Waals surface area contributed by atoms with Gasteiger partial charge in [0.2, 0.25) is 4.96 Å². The van der Waals surface area contributed by atoms with Crippen molar-refractivity contribution in [2.45, 2.75) is 13.5 Å². The minimum Gasteiger partial charge on any atom is -0.454 e.